The summed E-state index contributed by atoms with van der Waals surface area (Å²) in [5.74, 6) is 3.30. The van der Waals surface area contributed by atoms with Crippen LogP contribution in [0.25, 0.3) is 11.4 Å². The number of fused-ring (bicyclic) bond motifs is 1. The van der Waals surface area contributed by atoms with Crippen LogP contribution < -0.4 is 9.64 Å². The van der Waals surface area contributed by atoms with E-state index in [1.165, 1.54) is 16.1 Å². The Morgan fingerprint density at radius 1 is 1.08 bits per heavy atom. The summed E-state index contributed by atoms with van der Waals surface area (Å²) in [6.07, 6.45) is 8.35. The number of ether oxygens (including phenoxy) is 1. The first-order chi connectivity index (χ1) is 17.4. The SMILES string of the molecule is Cn1nnnc1-c1ccc(N2CCC(CCCOc3ccc4c(c3)CCN(S(C)(=O)=O)C4)CC2)nc1. The Balaban J connectivity index is 1.04. The second-order valence-electron chi connectivity index (χ2n) is 9.73. The van der Waals surface area contributed by atoms with E-state index in [4.69, 9.17) is 4.74 Å². The Hall–Kier alpha value is -3.05. The molecule has 0 amide bonds. The van der Waals surface area contributed by atoms with E-state index in [2.05, 4.69) is 37.5 Å². The van der Waals surface area contributed by atoms with Crippen LogP contribution in [0, 0.1) is 5.92 Å². The molecule has 192 valence electrons. The molecule has 0 radical (unpaired) electrons. The molecule has 0 N–H and O–H groups in total. The molecule has 1 fully saturated rings. The second kappa shape index (κ2) is 10.5. The van der Waals surface area contributed by atoms with Gasteiger partial charge in [-0.3, -0.25) is 0 Å². The number of hydrogen-bond acceptors (Lipinski definition) is 8. The van der Waals surface area contributed by atoms with E-state index < -0.39 is 10.0 Å². The van der Waals surface area contributed by atoms with Gasteiger partial charge in [-0.2, -0.15) is 4.31 Å². The Morgan fingerprint density at radius 2 is 1.92 bits per heavy atom. The molecule has 0 bridgehead atoms. The molecule has 0 unspecified atom stereocenters. The topological polar surface area (TPSA) is 106 Å². The van der Waals surface area contributed by atoms with Crippen molar-refractivity contribution in [3.8, 4) is 17.1 Å². The third-order valence-electron chi connectivity index (χ3n) is 7.21. The van der Waals surface area contributed by atoms with Gasteiger partial charge in [0, 0.05) is 45.0 Å². The lowest BCUT2D eigenvalue weighted by Crippen LogP contribution is -2.35. The third kappa shape index (κ3) is 5.67. The smallest absolute Gasteiger partial charge is 0.211 e. The van der Waals surface area contributed by atoms with Crippen LogP contribution in [0.15, 0.2) is 36.5 Å². The van der Waals surface area contributed by atoms with Crippen molar-refractivity contribution in [2.24, 2.45) is 13.0 Å². The minimum Gasteiger partial charge on any atom is -0.494 e. The predicted molar refractivity (Wildman–Crippen MR) is 137 cm³/mol. The number of aryl methyl sites for hydroxylation is 1. The molecule has 2 aromatic heterocycles. The van der Waals surface area contributed by atoms with Crippen LogP contribution in [0.4, 0.5) is 5.82 Å². The highest BCUT2D eigenvalue weighted by molar-refractivity contribution is 7.88. The van der Waals surface area contributed by atoms with Crippen LogP contribution in [0.5, 0.6) is 5.75 Å². The van der Waals surface area contributed by atoms with Crippen molar-refractivity contribution >= 4 is 15.8 Å². The highest BCUT2D eigenvalue weighted by Gasteiger charge is 2.23. The Morgan fingerprint density at radius 3 is 2.61 bits per heavy atom. The number of sulfonamides is 1. The molecule has 10 nitrogen and oxygen atoms in total. The lowest BCUT2D eigenvalue weighted by Gasteiger charge is -2.33. The Labute approximate surface area is 212 Å². The van der Waals surface area contributed by atoms with Gasteiger partial charge in [-0.25, -0.2) is 18.1 Å². The maximum absolute atomic E-state index is 11.8. The average molecular weight is 512 g/mol. The zero-order valence-corrected chi connectivity index (χ0v) is 21.7. The van der Waals surface area contributed by atoms with E-state index in [1.807, 2.05) is 31.4 Å². The number of benzene rings is 1. The molecule has 0 aliphatic carbocycles. The van der Waals surface area contributed by atoms with E-state index >= 15 is 0 Å². The monoisotopic (exact) mass is 511 g/mol. The van der Waals surface area contributed by atoms with Crippen molar-refractivity contribution in [2.45, 2.75) is 38.6 Å². The lowest BCUT2D eigenvalue weighted by atomic mass is 9.92. The highest BCUT2D eigenvalue weighted by atomic mass is 32.2. The third-order valence-corrected chi connectivity index (χ3v) is 8.46. The number of piperidine rings is 1. The first kappa shape index (κ1) is 24.6. The quantitative estimate of drug-likeness (QED) is 0.425. The minimum absolute atomic E-state index is 0.450. The number of nitrogens with zero attached hydrogens (tertiary/aromatic N) is 7. The number of anilines is 1. The van der Waals surface area contributed by atoms with Crippen molar-refractivity contribution in [2.75, 3.05) is 37.4 Å². The molecule has 1 saturated heterocycles. The molecule has 5 rings (SSSR count). The van der Waals surface area contributed by atoms with Gasteiger partial charge in [-0.05, 0) is 83.8 Å². The van der Waals surface area contributed by atoms with Crippen molar-refractivity contribution in [3.63, 3.8) is 0 Å². The van der Waals surface area contributed by atoms with Crippen LogP contribution in [-0.4, -0.2) is 70.4 Å². The molecule has 2 aliphatic heterocycles. The minimum atomic E-state index is -3.15. The standard InChI is InChI=1S/C25H33N7O3S/c1-30-25(27-28-29-30)21-6-8-24(26-17-21)31-12-9-19(10-13-31)4-3-15-35-23-7-5-22-18-32(36(2,33)34)14-11-20(22)16-23/h5-8,16-17,19H,3-4,9-15,18H2,1-2H3. The maximum atomic E-state index is 11.8. The molecule has 1 aromatic carbocycles. The summed E-state index contributed by atoms with van der Waals surface area (Å²) in [5, 5.41) is 11.6. The van der Waals surface area contributed by atoms with Gasteiger partial charge in [-0.1, -0.05) is 6.07 Å². The summed E-state index contributed by atoms with van der Waals surface area (Å²) in [4.78, 5) is 7.00. The number of hydrogen-bond donors (Lipinski definition) is 0. The van der Waals surface area contributed by atoms with Crippen LogP contribution in [-0.2, 0) is 30.0 Å². The van der Waals surface area contributed by atoms with Gasteiger partial charge < -0.3 is 9.64 Å². The summed E-state index contributed by atoms with van der Waals surface area (Å²) in [7, 11) is -1.33. The van der Waals surface area contributed by atoms with E-state index in [0.717, 1.165) is 67.9 Å². The van der Waals surface area contributed by atoms with Crippen LogP contribution in [0.2, 0.25) is 0 Å². The summed E-state index contributed by atoms with van der Waals surface area (Å²) in [6, 6.07) is 10.1. The summed E-state index contributed by atoms with van der Waals surface area (Å²) in [6.45, 7) is 3.71. The molecule has 0 saturated carbocycles. The van der Waals surface area contributed by atoms with Crippen molar-refractivity contribution in [1.82, 2.24) is 29.5 Å². The fraction of sp³-hybridized carbons (Fsp3) is 0.520. The fourth-order valence-electron chi connectivity index (χ4n) is 5.07. The van der Waals surface area contributed by atoms with Gasteiger partial charge in [0.1, 0.15) is 11.6 Å². The normalized spacial score (nSPS) is 17.2. The molecule has 4 heterocycles. The number of tetrazole rings is 1. The molecular formula is C25H33N7O3S. The molecule has 0 atom stereocenters. The average Bonchev–Trinajstić information content (AvgIpc) is 3.32. The van der Waals surface area contributed by atoms with Crippen LogP contribution in [0.3, 0.4) is 0 Å². The first-order valence-electron chi connectivity index (χ1n) is 12.5. The van der Waals surface area contributed by atoms with Gasteiger partial charge in [0.15, 0.2) is 5.82 Å². The van der Waals surface area contributed by atoms with E-state index in [0.29, 0.717) is 31.4 Å². The lowest BCUT2D eigenvalue weighted by molar-refractivity contribution is 0.278. The maximum Gasteiger partial charge on any atom is 0.211 e. The second-order valence-corrected chi connectivity index (χ2v) is 11.7. The van der Waals surface area contributed by atoms with E-state index in [9.17, 15) is 8.42 Å². The van der Waals surface area contributed by atoms with Gasteiger partial charge in [0.25, 0.3) is 0 Å². The van der Waals surface area contributed by atoms with Crippen molar-refractivity contribution in [3.05, 3.63) is 47.7 Å². The molecule has 3 aromatic rings. The summed E-state index contributed by atoms with van der Waals surface area (Å²) < 4.78 is 32.8. The summed E-state index contributed by atoms with van der Waals surface area (Å²) in [5.41, 5.74) is 3.17. The number of rotatable bonds is 8. The molecule has 36 heavy (non-hydrogen) atoms. The van der Waals surface area contributed by atoms with Crippen LogP contribution in [0.1, 0.15) is 36.8 Å². The highest BCUT2D eigenvalue weighted by Crippen LogP contribution is 2.28. The molecular weight excluding hydrogens is 478 g/mol. The number of aromatic nitrogens is 5. The first-order valence-corrected chi connectivity index (χ1v) is 14.3. The van der Waals surface area contributed by atoms with Gasteiger partial charge in [0.05, 0.1) is 12.9 Å². The molecule has 2 aliphatic rings. The largest absolute Gasteiger partial charge is 0.494 e. The van der Waals surface area contributed by atoms with Gasteiger partial charge >= 0.3 is 0 Å². The predicted octanol–water partition coefficient (Wildman–Crippen LogP) is 2.67. The number of pyridine rings is 1. The molecule has 0 spiro atoms. The van der Waals surface area contributed by atoms with Crippen LogP contribution >= 0.6 is 0 Å². The summed E-state index contributed by atoms with van der Waals surface area (Å²) >= 11 is 0. The van der Waals surface area contributed by atoms with Crippen molar-refractivity contribution < 1.29 is 13.2 Å². The van der Waals surface area contributed by atoms with E-state index in [-0.39, 0.29) is 0 Å². The molecule has 11 heteroatoms. The van der Waals surface area contributed by atoms with Gasteiger partial charge in [-0.15, -0.1) is 5.10 Å². The zero-order valence-electron chi connectivity index (χ0n) is 20.9. The van der Waals surface area contributed by atoms with E-state index in [1.54, 1.807) is 4.68 Å². The Kier molecular flexibility index (Phi) is 7.20. The fourth-order valence-corrected chi connectivity index (χ4v) is 5.87. The van der Waals surface area contributed by atoms with Crippen molar-refractivity contribution in [1.29, 1.82) is 0 Å². The Bertz CT molecular complexity index is 1290. The zero-order chi connectivity index (χ0) is 25.1. The van der Waals surface area contributed by atoms with Gasteiger partial charge in [0.2, 0.25) is 10.0 Å².